The molecule has 4 aliphatic carbocycles. The number of nitrogens with one attached hydrogen (secondary N) is 1. The van der Waals surface area contributed by atoms with Crippen LogP contribution >= 0.6 is 11.8 Å². The van der Waals surface area contributed by atoms with Crippen molar-refractivity contribution < 1.29 is 5.11 Å². The predicted octanol–water partition coefficient (Wildman–Crippen LogP) is 2.66. The number of thioether (sulfide) groups is 1. The lowest BCUT2D eigenvalue weighted by Crippen LogP contribution is -2.61. The molecule has 4 rings (SSSR count). The number of hydrogen-bond acceptors (Lipinski definition) is 3. The molecule has 0 heterocycles. The first-order valence-electron chi connectivity index (χ1n) is 7.57. The highest BCUT2D eigenvalue weighted by Crippen LogP contribution is 2.61. The van der Waals surface area contributed by atoms with Crippen molar-refractivity contribution >= 4 is 11.8 Å². The van der Waals surface area contributed by atoms with Crippen LogP contribution in [0.4, 0.5) is 0 Å². The van der Waals surface area contributed by atoms with Gasteiger partial charge in [-0.2, -0.15) is 11.8 Å². The zero-order chi connectivity index (χ0) is 12.6. The molecule has 2 atom stereocenters. The van der Waals surface area contributed by atoms with Crippen molar-refractivity contribution in [2.45, 2.75) is 51.0 Å². The molecule has 0 spiro atoms. The van der Waals surface area contributed by atoms with Gasteiger partial charge >= 0.3 is 0 Å². The SMILES string of the molecule is CC12C[C@@H]3C[C@@H](C1)CC(NCCSCCO)(C3)C2. The summed E-state index contributed by atoms with van der Waals surface area (Å²) in [4.78, 5) is 0. The molecule has 4 saturated carbocycles. The normalized spacial score (nSPS) is 45.7. The highest BCUT2D eigenvalue weighted by atomic mass is 32.2. The van der Waals surface area contributed by atoms with Gasteiger partial charge < -0.3 is 10.4 Å². The number of rotatable bonds is 6. The van der Waals surface area contributed by atoms with E-state index in [4.69, 9.17) is 5.11 Å². The van der Waals surface area contributed by atoms with Crippen LogP contribution in [0.1, 0.15) is 45.4 Å². The summed E-state index contributed by atoms with van der Waals surface area (Å²) in [5, 5.41) is 12.7. The van der Waals surface area contributed by atoms with Crippen LogP contribution in [0.25, 0.3) is 0 Å². The van der Waals surface area contributed by atoms with Crippen molar-refractivity contribution in [3.8, 4) is 0 Å². The second kappa shape index (κ2) is 4.99. The maximum atomic E-state index is 8.79. The summed E-state index contributed by atoms with van der Waals surface area (Å²) in [6.07, 6.45) is 8.78. The zero-order valence-electron chi connectivity index (χ0n) is 11.6. The van der Waals surface area contributed by atoms with Crippen LogP contribution in [0.5, 0.6) is 0 Å². The van der Waals surface area contributed by atoms with Crippen molar-refractivity contribution in [2.75, 3.05) is 24.7 Å². The van der Waals surface area contributed by atoms with E-state index in [1.807, 2.05) is 11.8 Å². The van der Waals surface area contributed by atoms with Crippen LogP contribution in [0, 0.1) is 17.3 Å². The molecule has 2 nitrogen and oxygen atoms in total. The molecule has 4 aliphatic rings. The zero-order valence-corrected chi connectivity index (χ0v) is 12.4. The largest absolute Gasteiger partial charge is 0.396 e. The van der Waals surface area contributed by atoms with Crippen molar-refractivity contribution in [3.63, 3.8) is 0 Å². The molecular weight excluding hydrogens is 242 g/mol. The van der Waals surface area contributed by atoms with Gasteiger partial charge in [0.15, 0.2) is 0 Å². The average Bonchev–Trinajstić information content (AvgIpc) is 2.25. The Balaban J connectivity index is 1.55. The van der Waals surface area contributed by atoms with Gasteiger partial charge in [0.05, 0.1) is 6.61 Å². The molecule has 4 fully saturated rings. The van der Waals surface area contributed by atoms with E-state index in [1.54, 1.807) is 0 Å². The second-order valence-electron chi connectivity index (χ2n) is 7.31. The Morgan fingerprint density at radius 2 is 1.89 bits per heavy atom. The minimum absolute atomic E-state index is 0.317. The number of aliphatic hydroxyl groups is 1. The molecule has 18 heavy (non-hydrogen) atoms. The lowest BCUT2D eigenvalue weighted by Gasteiger charge is -2.61. The molecule has 104 valence electrons. The molecule has 0 radical (unpaired) electrons. The van der Waals surface area contributed by atoms with Crippen LogP contribution < -0.4 is 5.32 Å². The summed E-state index contributed by atoms with van der Waals surface area (Å²) in [5.74, 6) is 4.05. The van der Waals surface area contributed by atoms with Crippen LogP contribution in [-0.4, -0.2) is 35.3 Å². The van der Waals surface area contributed by atoms with Crippen molar-refractivity contribution in [1.29, 1.82) is 0 Å². The minimum Gasteiger partial charge on any atom is -0.396 e. The standard InChI is InChI=1S/C15H27NOS/c1-14-7-12-6-13(8-14)10-15(9-12,11-14)16-2-4-18-5-3-17/h12-13,16-17H,2-11H2,1H3/t12-,13-,14?,15?/m0/s1. The van der Waals surface area contributed by atoms with Gasteiger partial charge in [-0.1, -0.05) is 6.92 Å². The molecule has 0 aromatic heterocycles. The van der Waals surface area contributed by atoms with E-state index >= 15 is 0 Å². The predicted molar refractivity (Wildman–Crippen MR) is 77.9 cm³/mol. The molecule has 2 N–H and O–H groups in total. The molecule has 0 saturated heterocycles. The van der Waals surface area contributed by atoms with Gasteiger partial charge in [0, 0.05) is 23.6 Å². The van der Waals surface area contributed by atoms with Gasteiger partial charge in [-0.25, -0.2) is 0 Å². The van der Waals surface area contributed by atoms with Crippen LogP contribution in [0.15, 0.2) is 0 Å². The Labute approximate surface area is 115 Å². The lowest BCUT2D eigenvalue weighted by atomic mass is 9.47. The van der Waals surface area contributed by atoms with E-state index in [2.05, 4.69) is 12.2 Å². The Hall–Kier alpha value is 0.270. The fourth-order valence-corrected chi connectivity index (χ4v) is 6.06. The smallest absolute Gasteiger partial charge is 0.0521 e. The summed E-state index contributed by atoms with van der Waals surface area (Å²) in [5.41, 5.74) is 1.13. The third kappa shape index (κ3) is 2.59. The van der Waals surface area contributed by atoms with Gasteiger partial charge in [0.25, 0.3) is 0 Å². The highest BCUT2D eigenvalue weighted by molar-refractivity contribution is 7.99. The first kappa shape index (κ1) is 13.3. The van der Waals surface area contributed by atoms with E-state index in [-0.39, 0.29) is 0 Å². The van der Waals surface area contributed by atoms with Gasteiger partial charge in [-0.15, -0.1) is 0 Å². The Morgan fingerprint density at radius 3 is 2.50 bits per heavy atom. The van der Waals surface area contributed by atoms with Gasteiger partial charge in [-0.05, 0) is 55.8 Å². The Morgan fingerprint density at radius 1 is 1.17 bits per heavy atom. The van der Waals surface area contributed by atoms with Crippen LogP contribution in [0.3, 0.4) is 0 Å². The maximum Gasteiger partial charge on any atom is 0.0521 e. The highest BCUT2D eigenvalue weighted by Gasteiger charge is 2.55. The third-order valence-corrected chi connectivity index (χ3v) is 6.30. The van der Waals surface area contributed by atoms with Gasteiger partial charge in [0.1, 0.15) is 0 Å². The molecule has 3 heteroatoms. The molecule has 0 amide bonds. The first-order chi connectivity index (χ1) is 8.63. The van der Waals surface area contributed by atoms with E-state index in [9.17, 15) is 0 Å². The average molecular weight is 269 g/mol. The quantitative estimate of drug-likeness (QED) is 0.727. The van der Waals surface area contributed by atoms with Gasteiger partial charge in [-0.3, -0.25) is 0 Å². The van der Waals surface area contributed by atoms with E-state index in [0.29, 0.717) is 17.6 Å². The van der Waals surface area contributed by atoms with Crippen molar-refractivity contribution in [2.24, 2.45) is 17.3 Å². The van der Waals surface area contributed by atoms with Crippen molar-refractivity contribution in [3.05, 3.63) is 0 Å². The molecule has 0 aliphatic heterocycles. The summed E-state index contributed by atoms with van der Waals surface area (Å²) >= 11 is 1.87. The lowest BCUT2D eigenvalue weighted by molar-refractivity contribution is -0.0711. The van der Waals surface area contributed by atoms with Crippen LogP contribution in [-0.2, 0) is 0 Å². The molecule has 4 bridgehead atoms. The van der Waals surface area contributed by atoms with E-state index in [1.165, 1.54) is 38.5 Å². The molecule has 0 aromatic rings. The van der Waals surface area contributed by atoms with Crippen LogP contribution in [0.2, 0.25) is 0 Å². The minimum atomic E-state index is 0.317. The molecule has 0 unspecified atom stereocenters. The Bertz CT molecular complexity index is 293. The monoisotopic (exact) mass is 269 g/mol. The Kier molecular flexibility index (Phi) is 3.68. The summed E-state index contributed by atoms with van der Waals surface area (Å²) in [6.45, 7) is 3.97. The summed E-state index contributed by atoms with van der Waals surface area (Å²) in [6, 6.07) is 0. The number of aliphatic hydroxyl groups excluding tert-OH is 1. The second-order valence-corrected chi connectivity index (χ2v) is 8.54. The maximum absolute atomic E-state index is 8.79. The molecule has 0 aromatic carbocycles. The summed E-state index contributed by atoms with van der Waals surface area (Å²) < 4.78 is 0. The third-order valence-electron chi connectivity index (χ3n) is 5.34. The number of hydrogen-bond donors (Lipinski definition) is 2. The summed E-state index contributed by atoms with van der Waals surface area (Å²) in [7, 11) is 0. The molecular formula is C15H27NOS. The van der Waals surface area contributed by atoms with Crippen molar-refractivity contribution in [1.82, 2.24) is 5.32 Å². The first-order valence-corrected chi connectivity index (χ1v) is 8.72. The van der Waals surface area contributed by atoms with E-state index in [0.717, 1.165) is 29.9 Å². The topological polar surface area (TPSA) is 32.3 Å². The van der Waals surface area contributed by atoms with E-state index < -0.39 is 0 Å². The fraction of sp³-hybridized carbons (Fsp3) is 1.00. The fourth-order valence-electron chi connectivity index (χ4n) is 5.48. The van der Waals surface area contributed by atoms with Gasteiger partial charge in [0.2, 0.25) is 0 Å².